The topological polar surface area (TPSA) is 30.0 Å². The first-order valence-electron chi connectivity index (χ1n) is 5.22. The fourth-order valence-corrected chi connectivity index (χ4v) is 1.70. The van der Waals surface area contributed by atoms with Gasteiger partial charge in [-0.2, -0.15) is 0 Å². The van der Waals surface area contributed by atoms with E-state index < -0.39 is 0 Å². The van der Waals surface area contributed by atoms with Crippen LogP contribution >= 0.6 is 0 Å². The zero-order valence-electron chi connectivity index (χ0n) is 9.40. The predicted molar refractivity (Wildman–Crippen MR) is 63.6 cm³/mol. The van der Waals surface area contributed by atoms with Crippen LogP contribution in [0.4, 0.5) is 0 Å². The summed E-state index contributed by atoms with van der Waals surface area (Å²) in [5.74, 6) is -0.0209. The molecule has 2 nitrogen and oxygen atoms in total. The largest absolute Gasteiger partial charge is 0.287 e. The highest BCUT2D eigenvalue weighted by atomic mass is 16.1. The molecule has 0 aliphatic carbocycles. The second-order valence-corrected chi connectivity index (χ2v) is 3.87. The molecule has 2 rings (SSSR count). The minimum atomic E-state index is -0.0209. The van der Waals surface area contributed by atoms with E-state index in [1.54, 1.807) is 0 Å². The molecule has 0 aliphatic heterocycles. The lowest BCUT2D eigenvalue weighted by molar-refractivity contribution is 0.103. The molecule has 80 valence electrons. The van der Waals surface area contributed by atoms with E-state index >= 15 is 0 Å². The van der Waals surface area contributed by atoms with Gasteiger partial charge >= 0.3 is 0 Å². The lowest BCUT2D eigenvalue weighted by Gasteiger charge is -2.03. The number of carbonyl (C=O) groups is 1. The van der Waals surface area contributed by atoms with Gasteiger partial charge in [-0.3, -0.25) is 4.79 Å². The van der Waals surface area contributed by atoms with Gasteiger partial charge in [0.1, 0.15) is 5.69 Å². The van der Waals surface area contributed by atoms with Gasteiger partial charge in [0.25, 0.3) is 0 Å². The van der Waals surface area contributed by atoms with E-state index in [1.165, 1.54) is 0 Å². The molecule has 0 aliphatic rings. The highest BCUT2D eigenvalue weighted by Gasteiger charge is 2.10. The molecule has 1 heterocycles. The summed E-state index contributed by atoms with van der Waals surface area (Å²) < 4.78 is 0. The van der Waals surface area contributed by atoms with Crippen LogP contribution in [0.5, 0.6) is 0 Å². The minimum Gasteiger partial charge on any atom is -0.287 e. The summed E-state index contributed by atoms with van der Waals surface area (Å²) >= 11 is 0. The SMILES string of the molecule is Cc1cc(C)nc(C(=O)c2ccccc2)c1. The van der Waals surface area contributed by atoms with Crippen LogP contribution in [0.25, 0.3) is 0 Å². The number of benzene rings is 1. The van der Waals surface area contributed by atoms with Crippen LogP contribution in [-0.2, 0) is 0 Å². The molecule has 0 spiro atoms. The summed E-state index contributed by atoms with van der Waals surface area (Å²) in [6.07, 6.45) is 0. The zero-order valence-corrected chi connectivity index (χ0v) is 9.40. The van der Waals surface area contributed by atoms with E-state index in [4.69, 9.17) is 0 Å². The van der Waals surface area contributed by atoms with Crippen LogP contribution in [0, 0.1) is 13.8 Å². The fourth-order valence-electron chi connectivity index (χ4n) is 1.70. The first-order chi connectivity index (χ1) is 7.66. The number of pyridine rings is 1. The molecule has 0 radical (unpaired) electrons. The zero-order chi connectivity index (χ0) is 11.5. The molecule has 2 heteroatoms. The van der Waals surface area contributed by atoms with Crippen LogP contribution in [0.1, 0.15) is 27.3 Å². The Kier molecular flexibility index (Phi) is 2.82. The summed E-state index contributed by atoms with van der Waals surface area (Å²) in [6.45, 7) is 3.87. The van der Waals surface area contributed by atoms with Crippen molar-refractivity contribution in [2.24, 2.45) is 0 Å². The van der Waals surface area contributed by atoms with E-state index in [-0.39, 0.29) is 5.78 Å². The van der Waals surface area contributed by atoms with Crippen LogP contribution in [0.2, 0.25) is 0 Å². The highest BCUT2D eigenvalue weighted by Crippen LogP contribution is 2.10. The standard InChI is InChI=1S/C14H13NO/c1-10-8-11(2)15-13(9-10)14(16)12-6-4-3-5-7-12/h3-9H,1-2H3. The Morgan fingerprint density at radius 3 is 2.38 bits per heavy atom. The van der Waals surface area contributed by atoms with Crippen molar-refractivity contribution in [3.8, 4) is 0 Å². The third kappa shape index (κ3) is 2.16. The smallest absolute Gasteiger partial charge is 0.211 e. The number of aromatic nitrogens is 1. The molecule has 0 saturated carbocycles. The molecule has 0 amide bonds. The number of nitrogens with zero attached hydrogens (tertiary/aromatic N) is 1. The Bertz CT molecular complexity index is 497. The van der Waals surface area contributed by atoms with Crippen LogP contribution < -0.4 is 0 Å². The van der Waals surface area contributed by atoms with Gasteiger partial charge in [0, 0.05) is 11.3 Å². The molecule has 1 aromatic carbocycles. The summed E-state index contributed by atoms with van der Waals surface area (Å²) in [7, 11) is 0. The Morgan fingerprint density at radius 2 is 1.75 bits per heavy atom. The van der Waals surface area contributed by atoms with E-state index in [0.29, 0.717) is 11.3 Å². The molecule has 16 heavy (non-hydrogen) atoms. The van der Waals surface area contributed by atoms with Gasteiger partial charge in [-0.05, 0) is 31.5 Å². The maximum Gasteiger partial charge on any atom is 0.211 e. The number of aryl methyl sites for hydroxylation is 2. The van der Waals surface area contributed by atoms with Gasteiger partial charge in [0.15, 0.2) is 0 Å². The quantitative estimate of drug-likeness (QED) is 0.715. The summed E-state index contributed by atoms with van der Waals surface area (Å²) in [6, 6.07) is 13.0. The normalized spacial score (nSPS) is 10.1. The second-order valence-electron chi connectivity index (χ2n) is 3.87. The first kappa shape index (κ1) is 10.6. The second kappa shape index (κ2) is 4.27. The third-order valence-electron chi connectivity index (χ3n) is 2.37. The van der Waals surface area contributed by atoms with Crippen molar-refractivity contribution >= 4 is 5.78 Å². The molecule has 0 unspecified atom stereocenters. The molecule has 0 atom stereocenters. The molecule has 0 bridgehead atoms. The molecule has 2 aromatic rings. The maximum absolute atomic E-state index is 12.1. The average molecular weight is 211 g/mol. The first-order valence-corrected chi connectivity index (χ1v) is 5.22. The Morgan fingerprint density at radius 1 is 1.06 bits per heavy atom. The van der Waals surface area contributed by atoms with E-state index in [9.17, 15) is 4.79 Å². The predicted octanol–water partition coefficient (Wildman–Crippen LogP) is 2.93. The molecular weight excluding hydrogens is 198 g/mol. The van der Waals surface area contributed by atoms with Gasteiger partial charge in [-0.25, -0.2) is 4.98 Å². The van der Waals surface area contributed by atoms with Gasteiger partial charge in [-0.1, -0.05) is 30.3 Å². The number of hydrogen-bond donors (Lipinski definition) is 0. The van der Waals surface area contributed by atoms with Gasteiger partial charge in [-0.15, -0.1) is 0 Å². The fraction of sp³-hybridized carbons (Fsp3) is 0.143. The average Bonchev–Trinajstić information content (AvgIpc) is 2.28. The molecule has 0 fully saturated rings. The molecule has 0 saturated heterocycles. The Balaban J connectivity index is 2.42. The lowest BCUT2D eigenvalue weighted by Crippen LogP contribution is -2.05. The lowest BCUT2D eigenvalue weighted by atomic mass is 10.1. The van der Waals surface area contributed by atoms with Crippen LogP contribution in [-0.4, -0.2) is 10.8 Å². The summed E-state index contributed by atoms with van der Waals surface area (Å²) in [4.78, 5) is 16.3. The van der Waals surface area contributed by atoms with Crippen LogP contribution in [0.15, 0.2) is 42.5 Å². The molecule has 1 aromatic heterocycles. The third-order valence-corrected chi connectivity index (χ3v) is 2.37. The number of carbonyl (C=O) groups excluding carboxylic acids is 1. The van der Waals surface area contributed by atoms with E-state index in [0.717, 1.165) is 11.3 Å². The highest BCUT2D eigenvalue weighted by molar-refractivity contribution is 6.07. The summed E-state index contributed by atoms with van der Waals surface area (Å²) in [5.41, 5.74) is 3.13. The Hall–Kier alpha value is -1.96. The monoisotopic (exact) mass is 211 g/mol. The maximum atomic E-state index is 12.1. The van der Waals surface area contributed by atoms with Gasteiger partial charge in [0.2, 0.25) is 5.78 Å². The van der Waals surface area contributed by atoms with Crippen molar-refractivity contribution in [3.63, 3.8) is 0 Å². The number of rotatable bonds is 2. The number of ketones is 1. The van der Waals surface area contributed by atoms with Crippen molar-refractivity contribution < 1.29 is 4.79 Å². The van der Waals surface area contributed by atoms with Crippen molar-refractivity contribution in [2.75, 3.05) is 0 Å². The van der Waals surface area contributed by atoms with Crippen LogP contribution in [0.3, 0.4) is 0 Å². The van der Waals surface area contributed by atoms with Gasteiger partial charge < -0.3 is 0 Å². The number of hydrogen-bond acceptors (Lipinski definition) is 2. The Labute approximate surface area is 95.0 Å². The van der Waals surface area contributed by atoms with Crippen molar-refractivity contribution in [1.29, 1.82) is 0 Å². The van der Waals surface area contributed by atoms with Crippen molar-refractivity contribution in [1.82, 2.24) is 4.98 Å². The van der Waals surface area contributed by atoms with E-state index in [1.807, 2.05) is 56.3 Å². The van der Waals surface area contributed by atoms with Crippen molar-refractivity contribution in [2.45, 2.75) is 13.8 Å². The molecular formula is C14H13NO. The summed E-state index contributed by atoms with van der Waals surface area (Å²) in [5, 5.41) is 0. The van der Waals surface area contributed by atoms with Crippen molar-refractivity contribution in [3.05, 3.63) is 65.0 Å². The van der Waals surface area contributed by atoms with Gasteiger partial charge in [0.05, 0.1) is 0 Å². The minimum absolute atomic E-state index is 0.0209. The molecule has 0 N–H and O–H groups in total. The van der Waals surface area contributed by atoms with E-state index in [2.05, 4.69) is 4.98 Å².